The highest BCUT2D eigenvalue weighted by Gasteiger charge is 2.38. The van der Waals surface area contributed by atoms with Gasteiger partial charge in [-0.3, -0.25) is 14.4 Å². The molecule has 0 radical (unpaired) electrons. The Bertz CT molecular complexity index is 1290. The molecule has 2 N–H and O–H groups in total. The van der Waals surface area contributed by atoms with E-state index in [1.165, 1.54) is 12.8 Å². The quantitative estimate of drug-likeness (QED) is 0.430. The molecule has 2 amide bonds. The first-order chi connectivity index (χ1) is 19.1. The normalized spacial score (nSPS) is 18.4. The molecule has 1 fully saturated rings. The Balaban J connectivity index is 1.37. The van der Waals surface area contributed by atoms with E-state index in [-0.39, 0.29) is 23.0 Å². The smallest absolute Gasteiger partial charge is 0.268 e. The number of anilines is 1. The lowest BCUT2D eigenvalue weighted by Gasteiger charge is -2.28. The third kappa shape index (κ3) is 5.97. The van der Waals surface area contributed by atoms with Crippen LogP contribution in [0.5, 0.6) is 5.75 Å². The van der Waals surface area contributed by atoms with E-state index in [4.69, 9.17) is 4.74 Å². The molecule has 1 aromatic carbocycles. The van der Waals surface area contributed by atoms with E-state index in [1.54, 1.807) is 0 Å². The predicted molar refractivity (Wildman–Crippen MR) is 156 cm³/mol. The third-order valence-electron chi connectivity index (χ3n) is 8.55. The average Bonchev–Trinajstić information content (AvgIpc) is 3.49. The van der Waals surface area contributed by atoms with Gasteiger partial charge in [0.25, 0.3) is 5.91 Å². The van der Waals surface area contributed by atoms with Crippen molar-refractivity contribution in [3.05, 3.63) is 46.3 Å². The summed E-state index contributed by atoms with van der Waals surface area (Å²) in [7, 11) is 4.03. The number of H-pyrrole nitrogens is 1. The van der Waals surface area contributed by atoms with Crippen molar-refractivity contribution in [3.8, 4) is 5.75 Å². The number of hydrogen-bond donors (Lipinski definition) is 2. The number of rotatable bonds is 11. The van der Waals surface area contributed by atoms with Gasteiger partial charge in [-0.05, 0) is 75.2 Å². The Labute approximate surface area is 237 Å². The lowest BCUT2D eigenvalue weighted by atomic mass is 9.75. The number of ketones is 1. The summed E-state index contributed by atoms with van der Waals surface area (Å²) in [6.45, 7) is 8.10. The Hall–Kier alpha value is -3.13. The summed E-state index contributed by atoms with van der Waals surface area (Å²) in [6.07, 6.45) is 6.41. The Morgan fingerprint density at radius 2 is 2.00 bits per heavy atom. The molecule has 3 aliphatic rings. The maximum Gasteiger partial charge on any atom is 0.268 e. The number of nitrogens with zero attached hydrogens (tertiary/aromatic N) is 2. The first-order valence-corrected chi connectivity index (χ1v) is 14.9. The highest BCUT2D eigenvalue weighted by Crippen LogP contribution is 2.39. The van der Waals surface area contributed by atoms with Gasteiger partial charge in [-0.25, -0.2) is 0 Å². The van der Waals surface area contributed by atoms with Gasteiger partial charge in [-0.15, -0.1) is 0 Å². The zero-order valence-corrected chi connectivity index (χ0v) is 24.7. The molecule has 2 aliphatic carbocycles. The summed E-state index contributed by atoms with van der Waals surface area (Å²) in [5.41, 5.74) is 4.51. The lowest BCUT2D eigenvalue weighted by molar-refractivity contribution is -0.120. The van der Waals surface area contributed by atoms with Crippen LogP contribution in [0.2, 0.25) is 0 Å². The summed E-state index contributed by atoms with van der Waals surface area (Å²) in [4.78, 5) is 48.0. The topological polar surface area (TPSA) is 94.7 Å². The van der Waals surface area contributed by atoms with Crippen molar-refractivity contribution in [3.63, 3.8) is 0 Å². The van der Waals surface area contributed by atoms with Crippen LogP contribution in [-0.2, 0) is 24.1 Å². The average molecular weight is 549 g/mol. The Morgan fingerprint density at radius 3 is 2.70 bits per heavy atom. The highest BCUT2D eigenvalue weighted by molar-refractivity contribution is 6.07. The number of Topliss-reactive ketones (excluding diaryl/α,β-unsaturated/α-hetero) is 1. The molecule has 0 saturated heterocycles. The number of likely N-dealkylation sites (N-methyl/N-ethyl adjacent to an activating group) is 1. The maximum absolute atomic E-state index is 14.0. The molecular weight excluding hydrogens is 504 g/mol. The van der Waals surface area contributed by atoms with Crippen molar-refractivity contribution in [2.45, 2.75) is 78.2 Å². The molecule has 0 spiro atoms. The van der Waals surface area contributed by atoms with Crippen molar-refractivity contribution in [1.29, 1.82) is 0 Å². The summed E-state index contributed by atoms with van der Waals surface area (Å²) >= 11 is 0. The number of carbonyl (C=O) groups is 3. The SMILES string of the molecule is CCc1c(C(=O)NC(CCC2CC2)C(=O)N2CCc3c(OCCN(C)C)cccc32)[nH]c2c1C(=O)CC(C)(C)C2. The van der Waals surface area contributed by atoms with E-state index in [0.717, 1.165) is 54.1 Å². The molecule has 0 bridgehead atoms. The molecular formula is C32H44N4O4. The molecule has 216 valence electrons. The fourth-order valence-electron chi connectivity index (χ4n) is 6.27. The van der Waals surface area contributed by atoms with Gasteiger partial charge in [0.05, 0.1) is 5.69 Å². The van der Waals surface area contributed by atoms with Crippen LogP contribution in [0.1, 0.15) is 90.5 Å². The Kier molecular flexibility index (Phi) is 8.09. The van der Waals surface area contributed by atoms with Gasteiger partial charge >= 0.3 is 0 Å². The van der Waals surface area contributed by atoms with Gasteiger partial charge in [0.1, 0.15) is 24.1 Å². The minimum Gasteiger partial charge on any atom is -0.492 e. The van der Waals surface area contributed by atoms with Gasteiger partial charge in [0, 0.05) is 36.3 Å². The van der Waals surface area contributed by atoms with Crippen LogP contribution in [0.15, 0.2) is 18.2 Å². The monoisotopic (exact) mass is 548 g/mol. The van der Waals surface area contributed by atoms with Crippen molar-refractivity contribution in [2.24, 2.45) is 11.3 Å². The van der Waals surface area contributed by atoms with Gasteiger partial charge in [-0.2, -0.15) is 0 Å². The molecule has 8 nitrogen and oxygen atoms in total. The van der Waals surface area contributed by atoms with Crippen LogP contribution in [0.25, 0.3) is 0 Å². The first kappa shape index (κ1) is 28.4. The van der Waals surface area contributed by atoms with Gasteiger partial charge in [0.2, 0.25) is 5.91 Å². The third-order valence-corrected chi connectivity index (χ3v) is 8.55. The van der Waals surface area contributed by atoms with E-state index >= 15 is 0 Å². The first-order valence-electron chi connectivity index (χ1n) is 14.9. The largest absolute Gasteiger partial charge is 0.492 e. The number of hydrogen-bond acceptors (Lipinski definition) is 5. The fourth-order valence-corrected chi connectivity index (χ4v) is 6.27. The zero-order valence-electron chi connectivity index (χ0n) is 24.7. The fraction of sp³-hybridized carbons (Fsp3) is 0.594. The van der Waals surface area contributed by atoms with Gasteiger partial charge < -0.3 is 24.8 Å². The predicted octanol–water partition coefficient (Wildman–Crippen LogP) is 4.55. The molecule has 5 rings (SSSR count). The number of aromatic nitrogens is 1. The zero-order chi connectivity index (χ0) is 28.6. The summed E-state index contributed by atoms with van der Waals surface area (Å²) in [6, 6.07) is 5.24. The van der Waals surface area contributed by atoms with Crippen molar-refractivity contribution in [1.82, 2.24) is 15.2 Å². The number of benzene rings is 1. The number of aromatic amines is 1. The van der Waals surface area contributed by atoms with Crippen molar-refractivity contribution >= 4 is 23.3 Å². The molecule has 8 heteroatoms. The van der Waals surface area contributed by atoms with E-state index in [9.17, 15) is 14.4 Å². The number of ether oxygens (including phenoxy) is 1. The minimum atomic E-state index is -0.630. The van der Waals surface area contributed by atoms with Crippen LogP contribution < -0.4 is 15.0 Å². The van der Waals surface area contributed by atoms with E-state index in [0.29, 0.717) is 49.6 Å². The molecule has 40 heavy (non-hydrogen) atoms. The maximum atomic E-state index is 14.0. The molecule has 2 heterocycles. The van der Waals surface area contributed by atoms with E-state index < -0.39 is 6.04 Å². The number of carbonyl (C=O) groups excluding carboxylic acids is 3. The second kappa shape index (κ2) is 11.4. The molecule has 1 saturated carbocycles. The van der Waals surface area contributed by atoms with Crippen LogP contribution >= 0.6 is 0 Å². The van der Waals surface area contributed by atoms with Crippen molar-refractivity contribution in [2.75, 3.05) is 38.7 Å². The molecule has 1 aromatic heterocycles. The van der Waals surface area contributed by atoms with Crippen LogP contribution in [0.4, 0.5) is 5.69 Å². The number of nitrogens with one attached hydrogen (secondary N) is 2. The van der Waals surface area contributed by atoms with Gasteiger partial charge in [0.15, 0.2) is 5.78 Å². The van der Waals surface area contributed by atoms with Gasteiger partial charge in [-0.1, -0.05) is 39.7 Å². The summed E-state index contributed by atoms with van der Waals surface area (Å²) < 4.78 is 6.07. The number of amides is 2. The summed E-state index contributed by atoms with van der Waals surface area (Å²) in [5.74, 6) is 1.18. The van der Waals surface area contributed by atoms with E-state index in [1.807, 2.05) is 44.1 Å². The highest BCUT2D eigenvalue weighted by atomic mass is 16.5. The standard InChI is InChI=1S/C32H44N4O4/c1-6-21-28-24(18-32(2,3)19-26(28)37)33-29(21)30(38)34-23(13-12-20-10-11-20)31(39)36-15-14-22-25(36)8-7-9-27(22)40-17-16-35(4)5/h7-9,20,23,33H,6,10-19H2,1-5H3,(H,34,38). The van der Waals surface area contributed by atoms with E-state index in [2.05, 4.69) is 29.0 Å². The van der Waals surface area contributed by atoms with Crippen LogP contribution in [0.3, 0.4) is 0 Å². The molecule has 1 aliphatic heterocycles. The number of fused-ring (bicyclic) bond motifs is 2. The molecule has 2 aromatic rings. The Morgan fingerprint density at radius 1 is 1.23 bits per heavy atom. The van der Waals surface area contributed by atoms with Crippen molar-refractivity contribution < 1.29 is 19.1 Å². The second-order valence-electron chi connectivity index (χ2n) is 12.8. The summed E-state index contributed by atoms with van der Waals surface area (Å²) in [5, 5.41) is 3.10. The molecule has 1 atom stereocenters. The van der Waals surface area contributed by atoms with Crippen LogP contribution in [0, 0.1) is 11.3 Å². The second-order valence-corrected chi connectivity index (χ2v) is 12.8. The minimum absolute atomic E-state index is 0.0789. The van der Waals surface area contributed by atoms with Crippen LogP contribution in [-0.4, -0.2) is 67.3 Å². The molecule has 1 unspecified atom stereocenters. The lowest BCUT2D eigenvalue weighted by Crippen LogP contribution is -2.48.